The molecule has 86 valence electrons. The molecule has 1 spiro atoms. The number of ether oxygens (including phenoxy) is 1. The van der Waals surface area contributed by atoms with Gasteiger partial charge in [0.15, 0.2) is 0 Å². The van der Waals surface area contributed by atoms with Crippen molar-refractivity contribution in [1.29, 1.82) is 0 Å². The second kappa shape index (κ2) is 4.49. The summed E-state index contributed by atoms with van der Waals surface area (Å²) in [5.41, 5.74) is 0.503. The summed E-state index contributed by atoms with van der Waals surface area (Å²) in [6, 6.07) is 0. The summed E-state index contributed by atoms with van der Waals surface area (Å²) < 4.78 is 5.28. The molecule has 15 heavy (non-hydrogen) atoms. The molecule has 0 saturated carbocycles. The van der Waals surface area contributed by atoms with Gasteiger partial charge in [-0.05, 0) is 25.9 Å². The van der Waals surface area contributed by atoms with Crippen molar-refractivity contribution < 1.29 is 9.53 Å². The maximum atomic E-state index is 11.1. The van der Waals surface area contributed by atoms with E-state index in [0.29, 0.717) is 11.8 Å². The third-order valence-corrected chi connectivity index (χ3v) is 3.67. The summed E-state index contributed by atoms with van der Waals surface area (Å²) in [4.78, 5) is 13.5. The first-order chi connectivity index (χ1) is 7.24. The number of hydrogen-bond acceptors (Lipinski definition) is 3. The van der Waals surface area contributed by atoms with E-state index in [9.17, 15) is 4.79 Å². The summed E-state index contributed by atoms with van der Waals surface area (Å²) in [7, 11) is 1.69. The Kier molecular flexibility index (Phi) is 3.26. The lowest BCUT2D eigenvalue weighted by molar-refractivity contribution is -0.140. The Bertz CT molecular complexity index is 229. The number of nitrogens with one attached hydrogen (secondary N) is 1. The van der Waals surface area contributed by atoms with Crippen LogP contribution in [0.3, 0.4) is 0 Å². The summed E-state index contributed by atoms with van der Waals surface area (Å²) in [6.07, 6.45) is 3.10. The molecule has 2 aliphatic rings. The largest absolute Gasteiger partial charge is 0.380 e. The second-order valence-corrected chi connectivity index (χ2v) is 4.76. The molecule has 0 unspecified atom stereocenters. The average Bonchev–Trinajstić information content (AvgIpc) is 2.24. The Hall–Kier alpha value is -0.610. The molecule has 1 amide bonds. The van der Waals surface area contributed by atoms with Crippen molar-refractivity contribution in [3.05, 3.63) is 0 Å². The van der Waals surface area contributed by atoms with Crippen LogP contribution in [0.2, 0.25) is 0 Å². The third kappa shape index (κ3) is 2.49. The zero-order valence-corrected chi connectivity index (χ0v) is 9.42. The SMILES string of the molecule is CNC(=O)CCN1CCC2(CC1)COC2. The lowest BCUT2D eigenvalue weighted by Crippen LogP contribution is -2.51. The molecule has 0 aromatic rings. The first kappa shape index (κ1) is 10.9. The van der Waals surface area contributed by atoms with E-state index in [2.05, 4.69) is 10.2 Å². The maximum absolute atomic E-state index is 11.1. The van der Waals surface area contributed by atoms with E-state index in [1.807, 2.05) is 0 Å². The van der Waals surface area contributed by atoms with Crippen LogP contribution in [0, 0.1) is 5.41 Å². The van der Waals surface area contributed by atoms with Crippen molar-refractivity contribution in [3.8, 4) is 0 Å². The normalized spacial score (nSPS) is 24.9. The van der Waals surface area contributed by atoms with Crippen LogP contribution in [0.1, 0.15) is 19.3 Å². The minimum Gasteiger partial charge on any atom is -0.380 e. The molecule has 4 heteroatoms. The first-order valence-electron chi connectivity index (χ1n) is 5.75. The van der Waals surface area contributed by atoms with Crippen LogP contribution in [-0.4, -0.2) is 50.7 Å². The number of nitrogens with zero attached hydrogens (tertiary/aromatic N) is 1. The fourth-order valence-electron chi connectivity index (χ4n) is 2.32. The lowest BCUT2D eigenvalue weighted by atomic mass is 9.77. The average molecular weight is 212 g/mol. The highest BCUT2D eigenvalue weighted by molar-refractivity contribution is 5.75. The van der Waals surface area contributed by atoms with Gasteiger partial charge in [-0.15, -0.1) is 0 Å². The second-order valence-electron chi connectivity index (χ2n) is 4.76. The number of amides is 1. The Labute approximate surface area is 91.0 Å². The number of carbonyl (C=O) groups is 1. The molecule has 0 atom stereocenters. The molecular weight excluding hydrogens is 192 g/mol. The molecule has 2 saturated heterocycles. The van der Waals surface area contributed by atoms with Crippen molar-refractivity contribution in [3.63, 3.8) is 0 Å². The van der Waals surface area contributed by atoms with Gasteiger partial charge in [0.2, 0.25) is 5.91 Å². The van der Waals surface area contributed by atoms with Crippen LogP contribution >= 0.6 is 0 Å². The van der Waals surface area contributed by atoms with Gasteiger partial charge < -0.3 is 15.0 Å². The molecule has 0 bridgehead atoms. The van der Waals surface area contributed by atoms with E-state index >= 15 is 0 Å². The molecule has 0 radical (unpaired) electrons. The van der Waals surface area contributed by atoms with Crippen LogP contribution in [0.25, 0.3) is 0 Å². The Morgan fingerprint density at radius 3 is 2.53 bits per heavy atom. The summed E-state index contributed by atoms with van der Waals surface area (Å²) in [5, 5.41) is 2.66. The smallest absolute Gasteiger partial charge is 0.221 e. The van der Waals surface area contributed by atoms with E-state index in [1.54, 1.807) is 7.05 Å². The van der Waals surface area contributed by atoms with Gasteiger partial charge in [-0.25, -0.2) is 0 Å². The van der Waals surface area contributed by atoms with Gasteiger partial charge >= 0.3 is 0 Å². The molecule has 2 fully saturated rings. The van der Waals surface area contributed by atoms with Gasteiger partial charge in [-0.2, -0.15) is 0 Å². The van der Waals surface area contributed by atoms with Gasteiger partial charge in [0.1, 0.15) is 0 Å². The van der Waals surface area contributed by atoms with Crippen LogP contribution in [0.4, 0.5) is 0 Å². The molecular formula is C11H20N2O2. The van der Waals surface area contributed by atoms with Crippen molar-refractivity contribution in [2.24, 2.45) is 5.41 Å². The fourth-order valence-corrected chi connectivity index (χ4v) is 2.32. The summed E-state index contributed by atoms with van der Waals surface area (Å²) >= 11 is 0. The molecule has 4 nitrogen and oxygen atoms in total. The first-order valence-corrected chi connectivity index (χ1v) is 5.75. The topological polar surface area (TPSA) is 41.6 Å². The zero-order chi connectivity index (χ0) is 10.7. The lowest BCUT2D eigenvalue weighted by Gasteiger charge is -2.47. The molecule has 0 aromatic heterocycles. The van der Waals surface area contributed by atoms with E-state index in [-0.39, 0.29) is 5.91 Å². The predicted octanol–water partition coefficient (Wildman–Crippen LogP) is 0.235. The Morgan fingerprint density at radius 2 is 2.07 bits per heavy atom. The number of rotatable bonds is 3. The van der Waals surface area contributed by atoms with Gasteiger partial charge in [-0.1, -0.05) is 0 Å². The van der Waals surface area contributed by atoms with Crippen LogP contribution in [-0.2, 0) is 9.53 Å². The van der Waals surface area contributed by atoms with Crippen molar-refractivity contribution in [2.45, 2.75) is 19.3 Å². The quantitative estimate of drug-likeness (QED) is 0.728. The van der Waals surface area contributed by atoms with E-state index in [1.165, 1.54) is 12.8 Å². The molecule has 0 aliphatic carbocycles. The fraction of sp³-hybridized carbons (Fsp3) is 0.909. The minimum atomic E-state index is 0.141. The van der Waals surface area contributed by atoms with E-state index in [4.69, 9.17) is 4.74 Å². The van der Waals surface area contributed by atoms with Crippen molar-refractivity contribution >= 4 is 5.91 Å². The maximum Gasteiger partial charge on any atom is 0.221 e. The van der Waals surface area contributed by atoms with Crippen LogP contribution in [0.5, 0.6) is 0 Å². The molecule has 0 aromatic carbocycles. The molecule has 2 rings (SSSR count). The third-order valence-electron chi connectivity index (χ3n) is 3.67. The molecule has 1 N–H and O–H groups in total. The Balaban J connectivity index is 1.67. The number of carbonyl (C=O) groups excluding carboxylic acids is 1. The predicted molar refractivity (Wildman–Crippen MR) is 57.6 cm³/mol. The minimum absolute atomic E-state index is 0.141. The summed E-state index contributed by atoms with van der Waals surface area (Å²) in [6.45, 7) is 5.06. The Morgan fingerprint density at radius 1 is 1.40 bits per heavy atom. The van der Waals surface area contributed by atoms with Gasteiger partial charge in [-0.3, -0.25) is 4.79 Å². The van der Waals surface area contributed by atoms with Crippen LogP contribution in [0.15, 0.2) is 0 Å². The van der Waals surface area contributed by atoms with Crippen LogP contribution < -0.4 is 5.32 Å². The van der Waals surface area contributed by atoms with Gasteiger partial charge in [0.25, 0.3) is 0 Å². The standard InChI is InChI=1S/C11H20N2O2/c1-12-10(14)2-5-13-6-3-11(4-7-13)8-15-9-11/h2-9H2,1H3,(H,12,14). The highest BCUT2D eigenvalue weighted by Crippen LogP contribution is 2.38. The van der Waals surface area contributed by atoms with Crippen molar-refractivity contribution in [2.75, 3.05) is 39.9 Å². The van der Waals surface area contributed by atoms with E-state index in [0.717, 1.165) is 32.8 Å². The highest BCUT2D eigenvalue weighted by Gasteiger charge is 2.40. The molecule has 2 heterocycles. The number of hydrogen-bond donors (Lipinski definition) is 1. The monoisotopic (exact) mass is 212 g/mol. The van der Waals surface area contributed by atoms with E-state index < -0.39 is 0 Å². The van der Waals surface area contributed by atoms with Crippen molar-refractivity contribution in [1.82, 2.24) is 10.2 Å². The summed E-state index contributed by atoms with van der Waals surface area (Å²) in [5.74, 6) is 0.141. The zero-order valence-electron chi connectivity index (χ0n) is 9.42. The molecule has 2 aliphatic heterocycles. The van der Waals surface area contributed by atoms with Gasteiger partial charge in [0.05, 0.1) is 13.2 Å². The number of piperidine rings is 1. The highest BCUT2D eigenvalue weighted by atomic mass is 16.5. The number of likely N-dealkylation sites (tertiary alicyclic amines) is 1. The van der Waals surface area contributed by atoms with Gasteiger partial charge in [0, 0.05) is 25.4 Å².